The quantitative estimate of drug-likeness (QED) is 0.513. The van der Waals surface area contributed by atoms with Crippen LogP contribution in [-0.2, 0) is 20.9 Å². The molecule has 114 valence electrons. The monoisotopic (exact) mass is 295 g/mol. The molecule has 1 rings (SSSR count). The van der Waals surface area contributed by atoms with Crippen LogP contribution in [0.4, 0.5) is 4.39 Å². The largest absolute Gasteiger partial charge is 0.502 e. The lowest BCUT2D eigenvalue weighted by molar-refractivity contribution is -0.140. The maximum absolute atomic E-state index is 12.9. The molecule has 0 radical (unpaired) electrons. The molecule has 0 heterocycles. The Balaban J connectivity index is 2.89. The predicted molar refractivity (Wildman–Crippen MR) is 74.8 cm³/mol. The Labute approximate surface area is 122 Å². The molecule has 0 fully saturated rings. The van der Waals surface area contributed by atoms with E-state index in [-0.39, 0.29) is 18.4 Å². The van der Waals surface area contributed by atoms with Gasteiger partial charge in [0.05, 0.1) is 13.2 Å². The third-order valence-electron chi connectivity index (χ3n) is 2.83. The number of halogens is 1. The molecule has 0 bridgehead atoms. The zero-order valence-corrected chi connectivity index (χ0v) is 12.2. The number of ether oxygens (including phenoxy) is 1. The lowest BCUT2D eigenvalue weighted by Gasteiger charge is -2.25. The maximum atomic E-state index is 12.9. The van der Waals surface area contributed by atoms with Gasteiger partial charge in [-0.2, -0.15) is 0 Å². The average Bonchev–Trinajstić information content (AvgIpc) is 2.45. The third kappa shape index (κ3) is 4.91. The van der Waals surface area contributed by atoms with Gasteiger partial charge in [0.25, 0.3) is 5.91 Å². The number of aliphatic hydroxyl groups excluding tert-OH is 1. The summed E-state index contributed by atoms with van der Waals surface area (Å²) in [5.41, 5.74) is 0.740. The smallest absolute Gasteiger partial charge is 0.373 e. The van der Waals surface area contributed by atoms with Gasteiger partial charge in [-0.15, -0.1) is 0 Å². The van der Waals surface area contributed by atoms with Crippen molar-refractivity contribution >= 4 is 11.9 Å². The molecule has 1 aromatic carbocycles. The Morgan fingerprint density at radius 1 is 1.33 bits per heavy atom. The number of carbonyl (C=O) groups is 2. The first-order valence-electron chi connectivity index (χ1n) is 6.39. The molecule has 0 saturated heterocycles. The zero-order chi connectivity index (χ0) is 16.0. The van der Waals surface area contributed by atoms with Crippen LogP contribution in [-0.4, -0.2) is 35.0 Å². The Morgan fingerprint density at radius 2 is 1.90 bits per heavy atom. The van der Waals surface area contributed by atoms with Crippen molar-refractivity contribution in [1.29, 1.82) is 0 Å². The summed E-state index contributed by atoms with van der Waals surface area (Å²) in [5.74, 6) is -2.62. The molecule has 0 unspecified atom stereocenters. The number of amides is 1. The van der Waals surface area contributed by atoms with Gasteiger partial charge in [-0.25, -0.2) is 9.18 Å². The lowest BCUT2D eigenvalue weighted by Crippen LogP contribution is -2.35. The number of carbonyl (C=O) groups excluding carboxylic acids is 2. The van der Waals surface area contributed by atoms with E-state index in [0.29, 0.717) is 0 Å². The first-order valence-corrected chi connectivity index (χ1v) is 6.39. The van der Waals surface area contributed by atoms with Gasteiger partial charge in [-0.1, -0.05) is 12.1 Å². The zero-order valence-electron chi connectivity index (χ0n) is 12.2. The predicted octanol–water partition coefficient (Wildman–Crippen LogP) is 2.18. The molecule has 0 aliphatic heterocycles. The van der Waals surface area contributed by atoms with Gasteiger partial charge >= 0.3 is 5.97 Å². The summed E-state index contributed by atoms with van der Waals surface area (Å²) in [6.45, 7) is 3.83. The van der Waals surface area contributed by atoms with Crippen LogP contribution in [0.25, 0.3) is 0 Å². The van der Waals surface area contributed by atoms with E-state index in [1.165, 1.54) is 17.0 Å². The molecule has 1 N–H and O–H groups in total. The fourth-order valence-electron chi connectivity index (χ4n) is 1.66. The minimum atomic E-state index is -0.978. The van der Waals surface area contributed by atoms with Crippen molar-refractivity contribution in [1.82, 2.24) is 4.90 Å². The Bertz CT molecular complexity index is 537. The molecule has 0 aliphatic carbocycles. The van der Waals surface area contributed by atoms with Crippen molar-refractivity contribution in [3.8, 4) is 0 Å². The number of methoxy groups -OCH3 is 1. The topological polar surface area (TPSA) is 66.8 Å². The van der Waals surface area contributed by atoms with Crippen molar-refractivity contribution in [2.75, 3.05) is 7.11 Å². The maximum Gasteiger partial charge on any atom is 0.373 e. The Morgan fingerprint density at radius 3 is 2.38 bits per heavy atom. The summed E-state index contributed by atoms with van der Waals surface area (Å²) in [5, 5.41) is 9.41. The summed E-state index contributed by atoms with van der Waals surface area (Å²) in [7, 11) is 1.11. The number of hydrogen-bond donors (Lipinski definition) is 1. The second-order valence-corrected chi connectivity index (χ2v) is 4.71. The van der Waals surface area contributed by atoms with Gasteiger partial charge in [0.15, 0.2) is 0 Å². The number of esters is 1. The second-order valence-electron chi connectivity index (χ2n) is 4.71. The van der Waals surface area contributed by atoms with Crippen LogP contribution in [0, 0.1) is 5.82 Å². The molecular weight excluding hydrogens is 277 g/mol. The molecule has 1 aromatic rings. The molecule has 21 heavy (non-hydrogen) atoms. The van der Waals surface area contributed by atoms with E-state index in [9.17, 15) is 19.1 Å². The summed E-state index contributed by atoms with van der Waals surface area (Å²) >= 11 is 0. The Kier molecular flexibility index (Phi) is 5.90. The molecule has 0 aliphatic rings. The van der Waals surface area contributed by atoms with Gasteiger partial charge in [-0.05, 0) is 31.5 Å². The van der Waals surface area contributed by atoms with Gasteiger partial charge in [0, 0.05) is 12.6 Å². The van der Waals surface area contributed by atoms with E-state index in [0.717, 1.165) is 18.7 Å². The molecule has 5 nitrogen and oxygen atoms in total. The van der Waals surface area contributed by atoms with Crippen LogP contribution < -0.4 is 0 Å². The molecule has 1 amide bonds. The highest BCUT2D eigenvalue weighted by molar-refractivity contribution is 5.96. The number of benzene rings is 1. The van der Waals surface area contributed by atoms with E-state index in [1.807, 2.05) is 0 Å². The SMILES string of the molecule is COC(=O)C(O)=CC(=O)N(Cc1ccc(F)cc1)C(C)C. The van der Waals surface area contributed by atoms with E-state index in [4.69, 9.17) is 0 Å². The number of hydrogen-bond acceptors (Lipinski definition) is 4. The van der Waals surface area contributed by atoms with Crippen molar-refractivity contribution in [2.45, 2.75) is 26.4 Å². The molecule has 0 saturated carbocycles. The summed E-state index contributed by atoms with van der Waals surface area (Å²) in [6, 6.07) is 5.59. The van der Waals surface area contributed by atoms with Crippen LogP contribution in [0.15, 0.2) is 36.1 Å². The van der Waals surface area contributed by atoms with Crippen LogP contribution >= 0.6 is 0 Å². The van der Waals surface area contributed by atoms with Gasteiger partial charge < -0.3 is 14.7 Å². The summed E-state index contributed by atoms with van der Waals surface area (Å²) in [6.07, 6.45) is 0.815. The summed E-state index contributed by atoms with van der Waals surface area (Å²) in [4.78, 5) is 24.6. The number of rotatable bonds is 5. The first kappa shape index (κ1) is 16.7. The molecule has 0 atom stereocenters. The standard InChI is InChI=1S/C15H18FNO4/c1-10(2)17(9-11-4-6-12(16)7-5-11)14(19)8-13(18)15(20)21-3/h4-8,10,18H,9H2,1-3H3. The van der Waals surface area contributed by atoms with Crippen molar-refractivity contribution in [3.63, 3.8) is 0 Å². The van der Waals surface area contributed by atoms with E-state index in [2.05, 4.69) is 4.74 Å². The highest BCUT2D eigenvalue weighted by atomic mass is 19.1. The van der Waals surface area contributed by atoms with Gasteiger partial charge in [-0.3, -0.25) is 4.79 Å². The molecule has 6 heteroatoms. The fraction of sp³-hybridized carbons (Fsp3) is 0.333. The number of nitrogens with zero attached hydrogens (tertiary/aromatic N) is 1. The number of aliphatic hydroxyl groups is 1. The first-order chi connectivity index (χ1) is 9.85. The molecule has 0 spiro atoms. The van der Waals surface area contributed by atoms with Gasteiger partial charge in [0.2, 0.25) is 5.76 Å². The van der Waals surface area contributed by atoms with Crippen LogP contribution in [0.1, 0.15) is 19.4 Å². The Hall–Kier alpha value is -2.37. The highest BCUT2D eigenvalue weighted by Gasteiger charge is 2.18. The van der Waals surface area contributed by atoms with Crippen molar-refractivity contribution < 1.29 is 23.8 Å². The average molecular weight is 295 g/mol. The summed E-state index contributed by atoms with van der Waals surface area (Å²) < 4.78 is 17.2. The van der Waals surface area contributed by atoms with Crippen LogP contribution in [0.2, 0.25) is 0 Å². The highest BCUT2D eigenvalue weighted by Crippen LogP contribution is 2.11. The van der Waals surface area contributed by atoms with E-state index in [1.54, 1.807) is 26.0 Å². The third-order valence-corrected chi connectivity index (χ3v) is 2.83. The molecule has 0 aromatic heterocycles. The normalized spacial score (nSPS) is 11.4. The molecular formula is C15H18FNO4. The second kappa shape index (κ2) is 7.42. The van der Waals surface area contributed by atoms with Crippen LogP contribution in [0.3, 0.4) is 0 Å². The van der Waals surface area contributed by atoms with E-state index >= 15 is 0 Å². The van der Waals surface area contributed by atoms with E-state index < -0.39 is 17.6 Å². The van der Waals surface area contributed by atoms with Crippen molar-refractivity contribution in [3.05, 3.63) is 47.5 Å². The van der Waals surface area contributed by atoms with Crippen LogP contribution in [0.5, 0.6) is 0 Å². The van der Waals surface area contributed by atoms with Crippen molar-refractivity contribution in [2.24, 2.45) is 0 Å². The minimum Gasteiger partial charge on any atom is -0.502 e. The van der Waals surface area contributed by atoms with Gasteiger partial charge in [0.1, 0.15) is 5.82 Å². The minimum absolute atomic E-state index is 0.163. The lowest BCUT2D eigenvalue weighted by atomic mass is 10.2. The fourth-order valence-corrected chi connectivity index (χ4v) is 1.66.